The quantitative estimate of drug-likeness (QED) is 0.505. The molecule has 1 amide bonds. The van der Waals surface area contributed by atoms with E-state index in [1.807, 2.05) is 72.2 Å². The number of benzene rings is 3. The average molecular weight is 398 g/mol. The monoisotopic (exact) mass is 398 g/mol. The fourth-order valence-corrected chi connectivity index (χ4v) is 3.97. The highest BCUT2D eigenvalue weighted by atomic mass is 19.1. The molecule has 1 unspecified atom stereocenters. The molecule has 1 aliphatic heterocycles. The van der Waals surface area contributed by atoms with Gasteiger partial charge in [-0.05, 0) is 48.9 Å². The second-order valence-corrected chi connectivity index (χ2v) is 7.24. The standard InChI is InChI=1S/C24H19FN4O/c1-15-21(23(30)27-18-10-3-2-4-11-18)22(16-8-7-9-17(25)14-16)29-20-13-6-5-12-19(20)28-24(29)26-15/h2-14,22H,1H3,(H,26,28)(H,27,30). The Morgan fingerprint density at radius 3 is 2.60 bits per heavy atom. The minimum atomic E-state index is -0.520. The molecular weight excluding hydrogens is 379 g/mol. The van der Waals surface area contributed by atoms with E-state index < -0.39 is 6.04 Å². The first-order valence-electron chi connectivity index (χ1n) is 9.68. The van der Waals surface area contributed by atoms with Crippen molar-refractivity contribution in [1.29, 1.82) is 0 Å². The van der Waals surface area contributed by atoms with Crippen LogP contribution >= 0.6 is 0 Å². The Morgan fingerprint density at radius 1 is 1.03 bits per heavy atom. The van der Waals surface area contributed by atoms with Crippen LogP contribution in [0.5, 0.6) is 0 Å². The molecule has 2 heterocycles. The zero-order chi connectivity index (χ0) is 20.7. The van der Waals surface area contributed by atoms with E-state index in [1.54, 1.807) is 6.07 Å². The molecule has 0 saturated carbocycles. The fraction of sp³-hybridized carbons (Fsp3) is 0.0833. The third-order valence-electron chi connectivity index (χ3n) is 5.27. The van der Waals surface area contributed by atoms with Gasteiger partial charge in [0.25, 0.3) is 5.91 Å². The Kier molecular flexibility index (Phi) is 4.32. The Balaban J connectivity index is 1.69. The van der Waals surface area contributed by atoms with Crippen LogP contribution in [0.3, 0.4) is 0 Å². The van der Waals surface area contributed by atoms with Gasteiger partial charge in [-0.2, -0.15) is 0 Å². The van der Waals surface area contributed by atoms with Crippen LogP contribution in [0.4, 0.5) is 16.0 Å². The minimum absolute atomic E-state index is 0.246. The van der Waals surface area contributed by atoms with E-state index in [2.05, 4.69) is 15.6 Å². The molecule has 0 radical (unpaired) electrons. The van der Waals surface area contributed by atoms with E-state index in [4.69, 9.17) is 0 Å². The summed E-state index contributed by atoms with van der Waals surface area (Å²) in [6.07, 6.45) is 0. The van der Waals surface area contributed by atoms with Crippen LogP contribution in [0.1, 0.15) is 18.5 Å². The molecule has 6 heteroatoms. The topological polar surface area (TPSA) is 59.0 Å². The van der Waals surface area contributed by atoms with Crippen molar-refractivity contribution in [1.82, 2.24) is 9.55 Å². The zero-order valence-electron chi connectivity index (χ0n) is 16.3. The van der Waals surface area contributed by atoms with Gasteiger partial charge in [0, 0.05) is 11.4 Å². The lowest BCUT2D eigenvalue weighted by molar-refractivity contribution is -0.113. The zero-order valence-corrected chi connectivity index (χ0v) is 16.3. The summed E-state index contributed by atoms with van der Waals surface area (Å²) in [5.41, 5.74) is 4.24. The van der Waals surface area contributed by atoms with Crippen LogP contribution in [0, 0.1) is 5.82 Å². The third kappa shape index (κ3) is 3.03. The Hall–Kier alpha value is -3.93. The van der Waals surface area contributed by atoms with Crippen molar-refractivity contribution < 1.29 is 9.18 Å². The molecule has 5 rings (SSSR count). The number of para-hydroxylation sites is 3. The molecule has 3 aromatic carbocycles. The molecule has 4 aromatic rings. The van der Waals surface area contributed by atoms with E-state index >= 15 is 0 Å². The van der Waals surface area contributed by atoms with Gasteiger partial charge in [-0.15, -0.1) is 0 Å². The van der Waals surface area contributed by atoms with Crippen molar-refractivity contribution >= 4 is 28.6 Å². The smallest absolute Gasteiger partial charge is 0.255 e. The summed E-state index contributed by atoms with van der Waals surface area (Å²) in [5, 5.41) is 6.22. The molecule has 1 aromatic heterocycles. The fourth-order valence-electron chi connectivity index (χ4n) is 3.97. The molecule has 1 atom stereocenters. The van der Waals surface area contributed by atoms with Crippen LogP contribution < -0.4 is 10.6 Å². The number of carbonyl (C=O) groups excluding carboxylic acids is 1. The molecule has 1 aliphatic rings. The number of rotatable bonds is 3. The Bertz CT molecular complexity index is 1290. The number of anilines is 2. The first-order chi connectivity index (χ1) is 14.6. The molecule has 0 bridgehead atoms. The summed E-state index contributed by atoms with van der Waals surface area (Å²) in [6.45, 7) is 1.84. The number of allylic oxidation sites excluding steroid dienone is 1. The molecule has 0 spiro atoms. The lowest BCUT2D eigenvalue weighted by atomic mass is 9.94. The number of imidazole rings is 1. The first kappa shape index (κ1) is 18.1. The largest absolute Gasteiger partial charge is 0.329 e. The number of amides is 1. The normalized spacial score (nSPS) is 15.6. The molecule has 2 N–H and O–H groups in total. The third-order valence-corrected chi connectivity index (χ3v) is 5.27. The van der Waals surface area contributed by atoms with Gasteiger partial charge in [0.1, 0.15) is 5.82 Å². The lowest BCUT2D eigenvalue weighted by Crippen LogP contribution is -2.31. The number of hydrogen-bond acceptors (Lipinski definition) is 3. The molecule has 0 aliphatic carbocycles. The SMILES string of the molecule is CC1=C(C(=O)Nc2ccccc2)C(c2cccc(F)c2)n2c(nc3ccccc32)N1. The van der Waals surface area contributed by atoms with Crippen LogP contribution in [0.15, 0.2) is 90.1 Å². The first-order valence-corrected chi connectivity index (χ1v) is 9.68. The van der Waals surface area contributed by atoms with Crippen LogP contribution in [0.25, 0.3) is 11.0 Å². The van der Waals surface area contributed by atoms with E-state index in [1.165, 1.54) is 12.1 Å². The van der Waals surface area contributed by atoms with E-state index in [0.29, 0.717) is 28.5 Å². The number of aromatic nitrogens is 2. The van der Waals surface area contributed by atoms with Gasteiger partial charge in [-0.25, -0.2) is 9.37 Å². The number of fused-ring (bicyclic) bond motifs is 3. The van der Waals surface area contributed by atoms with E-state index in [9.17, 15) is 9.18 Å². The minimum Gasteiger partial charge on any atom is -0.329 e. The van der Waals surface area contributed by atoms with Gasteiger partial charge in [-0.1, -0.05) is 42.5 Å². The van der Waals surface area contributed by atoms with Crippen LogP contribution in [-0.4, -0.2) is 15.5 Å². The van der Waals surface area contributed by atoms with E-state index in [0.717, 1.165) is 11.0 Å². The van der Waals surface area contributed by atoms with Crippen LogP contribution in [0.2, 0.25) is 0 Å². The maximum Gasteiger partial charge on any atom is 0.255 e. The van der Waals surface area contributed by atoms with Gasteiger partial charge >= 0.3 is 0 Å². The lowest BCUT2D eigenvalue weighted by Gasteiger charge is -2.30. The molecule has 0 fully saturated rings. The average Bonchev–Trinajstić information content (AvgIpc) is 3.11. The highest BCUT2D eigenvalue weighted by molar-refractivity contribution is 6.06. The van der Waals surface area contributed by atoms with Crippen molar-refractivity contribution in [3.8, 4) is 0 Å². The van der Waals surface area contributed by atoms with E-state index in [-0.39, 0.29) is 11.7 Å². The summed E-state index contributed by atoms with van der Waals surface area (Å²) in [7, 11) is 0. The number of hydrogen-bond donors (Lipinski definition) is 2. The predicted molar refractivity (Wildman–Crippen MR) is 116 cm³/mol. The maximum atomic E-state index is 14.2. The van der Waals surface area contributed by atoms with Gasteiger partial charge in [0.05, 0.1) is 22.6 Å². The van der Waals surface area contributed by atoms with Crippen molar-refractivity contribution in [2.75, 3.05) is 10.6 Å². The maximum absolute atomic E-state index is 14.2. The number of halogens is 1. The van der Waals surface area contributed by atoms with Gasteiger partial charge in [-0.3, -0.25) is 9.36 Å². The van der Waals surface area contributed by atoms with Crippen molar-refractivity contribution in [3.05, 3.63) is 102 Å². The molecule has 5 nitrogen and oxygen atoms in total. The van der Waals surface area contributed by atoms with Gasteiger partial charge in [0.2, 0.25) is 5.95 Å². The van der Waals surface area contributed by atoms with Crippen LogP contribution in [-0.2, 0) is 4.79 Å². The highest BCUT2D eigenvalue weighted by Gasteiger charge is 2.34. The number of carbonyl (C=O) groups is 1. The van der Waals surface area contributed by atoms with Gasteiger partial charge < -0.3 is 10.6 Å². The summed E-state index contributed by atoms with van der Waals surface area (Å²) >= 11 is 0. The second kappa shape index (κ2) is 7.15. The number of nitrogens with zero attached hydrogens (tertiary/aromatic N) is 2. The van der Waals surface area contributed by atoms with Gasteiger partial charge in [0.15, 0.2) is 0 Å². The van der Waals surface area contributed by atoms with Crippen molar-refractivity contribution in [2.45, 2.75) is 13.0 Å². The Morgan fingerprint density at radius 2 is 1.80 bits per heavy atom. The van der Waals surface area contributed by atoms with Crippen molar-refractivity contribution in [2.24, 2.45) is 0 Å². The molecular formula is C24H19FN4O. The van der Waals surface area contributed by atoms with Crippen molar-refractivity contribution in [3.63, 3.8) is 0 Å². The summed E-state index contributed by atoms with van der Waals surface area (Å²) in [6, 6.07) is 22.8. The Labute approximate surface area is 172 Å². The molecule has 0 saturated heterocycles. The molecule has 30 heavy (non-hydrogen) atoms. The highest BCUT2D eigenvalue weighted by Crippen LogP contribution is 2.39. The predicted octanol–water partition coefficient (Wildman–Crippen LogP) is 5.10. The summed E-state index contributed by atoms with van der Waals surface area (Å²) < 4.78 is 16.1. The number of nitrogens with one attached hydrogen (secondary N) is 2. The summed E-state index contributed by atoms with van der Waals surface area (Å²) in [4.78, 5) is 18.0. The summed E-state index contributed by atoms with van der Waals surface area (Å²) in [5.74, 6) is 0.0283. The molecule has 148 valence electrons. The second-order valence-electron chi connectivity index (χ2n) is 7.24.